The van der Waals surface area contributed by atoms with Crippen LogP contribution in [0.1, 0.15) is 36.7 Å². The van der Waals surface area contributed by atoms with Gasteiger partial charge in [-0.25, -0.2) is 4.79 Å². The minimum absolute atomic E-state index is 0.0676. The second-order valence-corrected chi connectivity index (χ2v) is 4.26. The smallest absolute Gasteiger partial charge is 0.374 e. The molecule has 0 spiro atoms. The van der Waals surface area contributed by atoms with Crippen molar-refractivity contribution in [2.75, 3.05) is 13.1 Å². The van der Waals surface area contributed by atoms with E-state index in [4.69, 9.17) is 5.11 Å². The van der Waals surface area contributed by atoms with E-state index in [0.717, 1.165) is 31.8 Å². The van der Waals surface area contributed by atoms with Crippen LogP contribution < -0.4 is 0 Å². The molecular weight excluding hydrogens is 220 g/mol. The van der Waals surface area contributed by atoms with E-state index in [1.54, 1.807) is 4.57 Å². The summed E-state index contributed by atoms with van der Waals surface area (Å²) < 4.78 is 1.72. The Bertz CT molecular complexity index is 412. The number of hydrogen-bond donors (Lipinski definition) is 1. The number of carbonyl (C=O) groups is 1. The summed E-state index contributed by atoms with van der Waals surface area (Å²) >= 11 is 0. The minimum Gasteiger partial charge on any atom is -0.475 e. The molecule has 1 unspecified atom stereocenters. The number of carboxylic acid groups (broad SMARTS) is 1. The van der Waals surface area contributed by atoms with Gasteiger partial charge in [0.25, 0.3) is 0 Å². The quantitative estimate of drug-likeness (QED) is 0.833. The Morgan fingerprint density at radius 1 is 1.47 bits per heavy atom. The van der Waals surface area contributed by atoms with E-state index >= 15 is 0 Å². The third-order valence-electron chi connectivity index (χ3n) is 3.45. The van der Waals surface area contributed by atoms with E-state index in [-0.39, 0.29) is 5.82 Å². The van der Waals surface area contributed by atoms with Crippen LogP contribution in [0, 0.1) is 0 Å². The number of aromatic carboxylic acids is 1. The fraction of sp³-hybridized carbons (Fsp3) is 0.727. The predicted molar refractivity (Wildman–Crippen MR) is 62.0 cm³/mol. The summed E-state index contributed by atoms with van der Waals surface area (Å²) in [4.78, 5) is 13.3. The van der Waals surface area contributed by atoms with Crippen LogP contribution in [0.2, 0.25) is 0 Å². The molecule has 0 aromatic carbocycles. The van der Waals surface area contributed by atoms with Crippen LogP contribution in [0.15, 0.2) is 0 Å². The molecule has 1 atom stereocenters. The van der Waals surface area contributed by atoms with Gasteiger partial charge in [-0.3, -0.25) is 0 Å². The number of hydrogen-bond acceptors (Lipinski definition) is 4. The SMILES string of the molecule is CCN(CC)C1CCn2c(nnc2C(=O)O)C1. The molecule has 0 amide bonds. The molecule has 6 heteroatoms. The molecule has 2 rings (SSSR count). The van der Waals surface area contributed by atoms with Gasteiger partial charge in [-0.05, 0) is 19.5 Å². The zero-order chi connectivity index (χ0) is 12.4. The van der Waals surface area contributed by atoms with E-state index in [1.165, 1.54) is 0 Å². The topological polar surface area (TPSA) is 71.2 Å². The van der Waals surface area contributed by atoms with Gasteiger partial charge in [0, 0.05) is 19.0 Å². The Hall–Kier alpha value is -1.43. The van der Waals surface area contributed by atoms with Crippen molar-refractivity contribution < 1.29 is 9.90 Å². The number of aromatic nitrogens is 3. The lowest BCUT2D eigenvalue weighted by molar-refractivity contribution is 0.0674. The highest BCUT2D eigenvalue weighted by Crippen LogP contribution is 2.19. The average Bonchev–Trinajstić information content (AvgIpc) is 2.73. The van der Waals surface area contributed by atoms with Crippen LogP contribution in [0.3, 0.4) is 0 Å². The molecule has 1 aliphatic rings. The van der Waals surface area contributed by atoms with E-state index < -0.39 is 5.97 Å². The van der Waals surface area contributed by atoms with E-state index in [1.807, 2.05) is 0 Å². The van der Waals surface area contributed by atoms with Gasteiger partial charge >= 0.3 is 5.97 Å². The first-order chi connectivity index (χ1) is 8.17. The lowest BCUT2D eigenvalue weighted by Crippen LogP contribution is -2.40. The third kappa shape index (κ3) is 2.17. The van der Waals surface area contributed by atoms with Gasteiger partial charge in [0.15, 0.2) is 0 Å². The van der Waals surface area contributed by atoms with Gasteiger partial charge in [-0.15, -0.1) is 10.2 Å². The Kier molecular flexibility index (Phi) is 3.42. The van der Waals surface area contributed by atoms with Gasteiger partial charge in [0.1, 0.15) is 5.82 Å². The Morgan fingerprint density at radius 2 is 2.18 bits per heavy atom. The highest BCUT2D eigenvalue weighted by atomic mass is 16.4. The van der Waals surface area contributed by atoms with Crippen LogP contribution in [-0.2, 0) is 13.0 Å². The number of likely N-dealkylation sites (N-methyl/N-ethyl adjacent to an activating group) is 1. The maximum Gasteiger partial charge on any atom is 0.374 e. The van der Waals surface area contributed by atoms with E-state index in [2.05, 4.69) is 28.9 Å². The van der Waals surface area contributed by atoms with Crippen molar-refractivity contribution in [1.82, 2.24) is 19.7 Å². The van der Waals surface area contributed by atoms with Gasteiger partial charge < -0.3 is 14.6 Å². The number of fused-ring (bicyclic) bond motifs is 1. The van der Waals surface area contributed by atoms with Crippen LogP contribution in [0.5, 0.6) is 0 Å². The molecule has 0 bridgehead atoms. The van der Waals surface area contributed by atoms with Crippen molar-refractivity contribution in [3.63, 3.8) is 0 Å². The lowest BCUT2D eigenvalue weighted by atomic mass is 10.0. The first-order valence-electron chi connectivity index (χ1n) is 6.06. The fourth-order valence-corrected chi connectivity index (χ4v) is 2.52. The summed E-state index contributed by atoms with van der Waals surface area (Å²) in [5.74, 6) is -0.131. The fourth-order valence-electron chi connectivity index (χ4n) is 2.52. The van der Waals surface area contributed by atoms with E-state index in [0.29, 0.717) is 12.6 Å². The van der Waals surface area contributed by atoms with Crippen molar-refractivity contribution in [2.24, 2.45) is 0 Å². The monoisotopic (exact) mass is 238 g/mol. The predicted octanol–water partition coefficient (Wildman–Crippen LogP) is 0.633. The largest absolute Gasteiger partial charge is 0.475 e. The molecule has 2 heterocycles. The molecule has 1 aliphatic heterocycles. The molecule has 0 saturated carbocycles. The maximum absolute atomic E-state index is 10.9. The van der Waals surface area contributed by atoms with Crippen LogP contribution in [0.4, 0.5) is 0 Å². The van der Waals surface area contributed by atoms with Crippen molar-refractivity contribution >= 4 is 5.97 Å². The molecule has 0 aliphatic carbocycles. The zero-order valence-electron chi connectivity index (χ0n) is 10.3. The molecule has 1 aromatic rings. The van der Waals surface area contributed by atoms with Crippen molar-refractivity contribution in [3.05, 3.63) is 11.6 Å². The zero-order valence-corrected chi connectivity index (χ0v) is 10.3. The third-order valence-corrected chi connectivity index (χ3v) is 3.45. The summed E-state index contributed by atoms with van der Waals surface area (Å²) in [6.45, 7) is 7.02. The van der Waals surface area contributed by atoms with Gasteiger partial charge in [0.2, 0.25) is 5.82 Å². The molecule has 6 nitrogen and oxygen atoms in total. The first-order valence-corrected chi connectivity index (χ1v) is 6.06. The summed E-state index contributed by atoms with van der Waals surface area (Å²) in [6.07, 6.45) is 1.76. The normalized spacial score (nSPS) is 19.4. The Labute approximate surface area is 100 Å². The molecular formula is C11H18N4O2. The van der Waals surface area contributed by atoms with Gasteiger partial charge in [0.05, 0.1) is 0 Å². The summed E-state index contributed by atoms with van der Waals surface area (Å²) in [7, 11) is 0. The minimum atomic E-state index is -0.995. The lowest BCUT2D eigenvalue weighted by Gasteiger charge is -2.32. The Morgan fingerprint density at radius 3 is 2.76 bits per heavy atom. The molecule has 1 N–H and O–H groups in total. The highest BCUT2D eigenvalue weighted by molar-refractivity contribution is 5.83. The summed E-state index contributed by atoms with van der Waals surface area (Å²) in [5, 5.41) is 16.7. The van der Waals surface area contributed by atoms with Crippen molar-refractivity contribution in [2.45, 2.75) is 39.3 Å². The first kappa shape index (κ1) is 12.0. The Balaban J connectivity index is 2.17. The average molecular weight is 238 g/mol. The summed E-state index contributed by atoms with van der Waals surface area (Å²) in [5.41, 5.74) is 0. The highest BCUT2D eigenvalue weighted by Gasteiger charge is 2.27. The molecule has 1 aromatic heterocycles. The van der Waals surface area contributed by atoms with Crippen LogP contribution >= 0.6 is 0 Å². The van der Waals surface area contributed by atoms with Crippen molar-refractivity contribution in [3.8, 4) is 0 Å². The number of rotatable bonds is 4. The molecule has 0 radical (unpaired) electrons. The molecule has 17 heavy (non-hydrogen) atoms. The van der Waals surface area contributed by atoms with Gasteiger partial charge in [-0.2, -0.15) is 0 Å². The molecule has 0 fully saturated rings. The van der Waals surface area contributed by atoms with Gasteiger partial charge in [-0.1, -0.05) is 13.8 Å². The standard InChI is InChI=1S/C11H18N4O2/c1-3-14(4-2)8-5-6-15-9(7-8)12-13-10(15)11(16)17/h8H,3-7H2,1-2H3,(H,16,17). The number of carboxylic acids is 1. The molecule has 94 valence electrons. The maximum atomic E-state index is 10.9. The van der Waals surface area contributed by atoms with Crippen LogP contribution in [-0.4, -0.2) is 49.9 Å². The van der Waals surface area contributed by atoms with Crippen molar-refractivity contribution in [1.29, 1.82) is 0 Å². The summed E-state index contributed by atoms with van der Waals surface area (Å²) in [6, 6.07) is 0.461. The van der Waals surface area contributed by atoms with Crippen LogP contribution in [0.25, 0.3) is 0 Å². The second-order valence-electron chi connectivity index (χ2n) is 4.26. The molecule has 0 saturated heterocycles. The second kappa shape index (κ2) is 4.83. The number of nitrogens with zero attached hydrogens (tertiary/aromatic N) is 4. The van der Waals surface area contributed by atoms with E-state index in [9.17, 15) is 4.79 Å².